The number of amides is 1. The van der Waals surface area contributed by atoms with E-state index in [-0.39, 0.29) is 18.5 Å². The highest BCUT2D eigenvalue weighted by Crippen LogP contribution is 1.86. The van der Waals surface area contributed by atoms with Crippen molar-refractivity contribution in [1.29, 1.82) is 0 Å². The minimum atomic E-state index is -0.586. The quantitative estimate of drug-likeness (QED) is 0.241. The maximum Gasteiger partial charge on any atom is 0.407 e. The van der Waals surface area contributed by atoms with E-state index < -0.39 is 6.09 Å². The second-order valence-electron chi connectivity index (χ2n) is 2.40. The molecular formula is C6H13N3O3. The number of nitrogens with one attached hydrogen (secondary N) is 1. The van der Waals surface area contributed by atoms with Crippen LogP contribution in [-0.2, 0) is 4.74 Å². The lowest BCUT2D eigenvalue weighted by Crippen LogP contribution is -2.34. The number of amidine groups is 1. The van der Waals surface area contributed by atoms with Gasteiger partial charge in [0.25, 0.3) is 0 Å². The van der Waals surface area contributed by atoms with E-state index in [0.29, 0.717) is 0 Å². The first-order valence-corrected chi connectivity index (χ1v) is 3.47. The zero-order chi connectivity index (χ0) is 9.56. The van der Waals surface area contributed by atoms with Gasteiger partial charge in [0.2, 0.25) is 0 Å². The first kappa shape index (κ1) is 10.5. The van der Waals surface area contributed by atoms with Gasteiger partial charge in [-0.2, -0.15) is 0 Å². The summed E-state index contributed by atoms with van der Waals surface area (Å²) in [5.74, 6) is -0.0734. The first-order chi connectivity index (χ1) is 5.56. The third-order valence-electron chi connectivity index (χ3n) is 0.885. The second kappa shape index (κ2) is 5.22. The van der Waals surface area contributed by atoms with E-state index >= 15 is 0 Å². The van der Waals surface area contributed by atoms with Crippen LogP contribution in [0.1, 0.15) is 13.8 Å². The van der Waals surface area contributed by atoms with E-state index in [1.54, 1.807) is 13.8 Å². The molecule has 6 heteroatoms. The molecule has 0 rings (SSSR count). The Balaban J connectivity index is 3.58. The molecule has 4 N–H and O–H groups in total. The molecule has 0 saturated carbocycles. The predicted octanol–water partition coefficient (Wildman–Crippen LogP) is -0.133. The predicted molar refractivity (Wildman–Crippen MR) is 43.0 cm³/mol. The average Bonchev–Trinajstić information content (AvgIpc) is 1.99. The molecule has 0 spiro atoms. The molecule has 0 radical (unpaired) electrons. The van der Waals surface area contributed by atoms with Crippen LogP contribution in [0.25, 0.3) is 0 Å². The van der Waals surface area contributed by atoms with Crippen molar-refractivity contribution in [3.8, 4) is 0 Å². The Morgan fingerprint density at radius 3 is 2.75 bits per heavy atom. The van der Waals surface area contributed by atoms with Crippen LogP contribution in [0.5, 0.6) is 0 Å². The van der Waals surface area contributed by atoms with Crippen LogP contribution in [0.4, 0.5) is 4.79 Å². The van der Waals surface area contributed by atoms with Crippen LogP contribution in [-0.4, -0.2) is 29.8 Å². The highest BCUT2D eigenvalue weighted by atomic mass is 16.6. The number of carbonyl (C=O) groups excluding carboxylic acids is 1. The van der Waals surface area contributed by atoms with Gasteiger partial charge >= 0.3 is 6.09 Å². The third-order valence-corrected chi connectivity index (χ3v) is 0.885. The van der Waals surface area contributed by atoms with Crippen LogP contribution in [0.2, 0.25) is 0 Å². The zero-order valence-corrected chi connectivity index (χ0v) is 7.07. The van der Waals surface area contributed by atoms with Crippen LogP contribution >= 0.6 is 0 Å². The summed E-state index contributed by atoms with van der Waals surface area (Å²) in [5.41, 5.74) is 5.08. The summed E-state index contributed by atoms with van der Waals surface area (Å²) < 4.78 is 4.70. The summed E-state index contributed by atoms with van der Waals surface area (Å²) in [5, 5.41) is 13.1. The van der Waals surface area contributed by atoms with Crippen molar-refractivity contribution in [2.45, 2.75) is 20.0 Å². The SMILES string of the molecule is CC(C)OC(=O)NCC(N)=NO. The van der Waals surface area contributed by atoms with E-state index in [0.717, 1.165) is 0 Å². The lowest BCUT2D eigenvalue weighted by atomic mass is 10.5. The van der Waals surface area contributed by atoms with Crippen molar-refractivity contribution < 1.29 is 14.7 Å². The fourth-order valence-corrected chi connectivity index (χ4v) is 0.454. The van der Waals surface area contributed by atoms with Gasteiger partial charge in [-0.25, -0.2) is 4.79 Å². The minimum absolute atomic E-state index is 0.0257. The number of rotatable bonds is 3. The van der Waals surface area contributed by atoms with Gasteiger partial charge < -0.3 is 21.0 Å². The van der Waals surface area contributed by atoms with Crippen LogP contribution < -0.4 is 11.1 Å². The molecule has 6 nitrogen and oxygen atoms in total. The maximum atomic E-state index is 10.7. The Morgan fingerprint density at radius 2 is 2.33 bits per heavy atom. The van der Waals surface area contributed by atoms with Gasteiger partial charge in [0.1, 0.15) is 0 Å². The van der Waals surface area contributed by atoms with Crippen molar-refractivity contribution in [3.05, 3.63) is 0 Å². The fraction of sp³-hybridized carbons (Fsp3) is 0.667. The normalized spacial score (nSPS) is 11.4. The number of hydrogen-bond acceptors (Lipinski definition) is 4. The number of nitrogens with two attached hydrogens (primary N) is 1. The van der Waals surface area contributed by atoms with E-state index in [1.165, 1.54) is 0 Å². The standard InChI is InChI=1S/C6H13N3O3/c1-4(2)12-6(10)8-3-5(7)9-11/h4,11H,3H2,1-2H3,(H2,7,9)(H,8,10). The molecule has 0 aromatic carbocycles. The molecule has 0 saturated heterocycles. The Hall–Kier alpha value is -1.46. The average molecular weight is 175 g/mol. The maximum absolute atomic E-state index is 10.7. The Bertz CT molecular complexity index is 179. The molecule has 0 fully saturated rings. The van der Waals surface area contributed by atoms with Gasteiger partial charge in [-0.15, -0.1) is 0 Å². The van der Waals surface area contributed by atoms with E-state index in [1.807, 2.05) is 0 Å². The molecule has 0 bridgehead atoms. The molecule has 0 atom stereocenters. The van der Waals surface area contributed by atoms with Gasteiger partial charge in [-0.05, 0) is 13.8 Å². The summed E-state index contributed by atoms with van der Waals surface area (Å²) in [4.78, 5) is 10.7. The lowest BCUT2D eigenvalue weighted by molar-refractivity contribution is 0.117. The number of nitrogens with zero attached hydrogens (tertiary/aromatic N) is 1. The molecule has 0 aromatic heterocycles. The summed E-state index contributed by atoms with van der Waals surface area (Å²) in [7, 11) is 0. The molecular weight excluding hydrogens is 162 g/mol. The molecule has 1 amide bonds. The number of alkyl carbamates (subject to hydrolysis) is 1. The molecule has 0 aromatic rings. The van der Waals surface area contributed by atoms with Gasteiger partial charge in [0.15, 0.2) is 5.84 Å². The highest BCUT2D eigenvalue weighted by molar-refractivity contribution is 5.84. The third kappa shape index (κ3) is 5.33. The summed E-state index contributed by atoms with van der Waals surface area (Å²) in [6.45, 7) is 3.42. The van der Waals surface area contributed by atoms with Gasteiger partial charge in [-0.1, -0.05) is 5.16 Å². The van der Waals surface area contributed by atoms with Crippen molar-refractivity contribution in [2.75, 3.05) is 6.54 Å². The zero-order valence-electron chi connectivity index (χ0n) is 7.07. The van der Waals surface area contributed by atoms with Crippen LogP contribution in [0.15, 0.2) is 5.16 Å². The largest absolute Gasteiger partial charge is 0.447 e. The molecule has 70 valence electrons. The summed E-state index contributed by atoms with van der Waals surface area (Å²) >= 11 is 0. The molecule has 12 heavy (non-hydrogen) atoms. The number of oxime groups is 1. The second-order valence-corrected chi connectivity index (χ2v) is 2.40. The summed E-state index contributed by atoms with van der Waals surface area (Å²) in [6.07, 6.45) is -0.770. The topological polar surface area (TPSA) is 96.9 Å². The first-order valence-electron chi connectivity index (χ1n) is 3.47. The van der Waals surface area contributed by atoms with E-state index in [4.69, 9.17) is 15.7 Å². The van der Waals surface area contributed by atoms with Crippen molar-refractivity contribution >= 4 is 11.9 Å². The van der Waals surface area contributed by atoms with Crippen LogP contribution in [0, 0.1) is 0 Å². The molecule has 0 heterocycles. The Labute approximate surface area is 70.4 Å². The van der Waals surface area contributed by atoms with Gasteiger partial charge in [-0.3, -0.25) is 0 Å². The van der Waals surface area contributed by atoms with Crippen molar-refractivity contribution in [2.24, 2.45) is 10.9 Å². The minimum Gasteiger partial charge on any atom is -0.447 e. The number of carbonyl (C=O) groups is 1. The van der Waals surface area contributed by atoms with Gasteiger partial charge in [0, 0.05) is 0 Å². The number of hydrogen-bond donors (Lipinski definition) is 3. The molecule has 0 unspecified atom stereocenters. The fourth-order valence-electron chi connectivity index (χ4n) is 0.454. The summed E-state index contributed by atoms with van der Waals surface area (Å²) in [6, 6.07) is 0. The highest BCUT2D eigenvalue weighted by Gasteiger charge is 2.04. The van der Waals surface area contributed by atoms with Crippen LogP contribution in [0.3, 0.4) is 0 Å². The molecule has 0 aliphatic heterocycles. The monoisotopic (exact) mass is 175 g/mol. The number of ether oxygens (including phenoxy) is 1. The molecule has 0 aliphatic rings. The Kier molecular flexibility index (Phi) is 4.59. The Morgan fingerprint density at radius 1 is 1.75 bits per heavy atom. The van der Waals surface area contributed by atoms with Crippen molar-refractivity contribution in [1.82, 2.24) is 5.32 Å². The van der Waals surface area contributed by atoms with Crippen molar-refractivity contribution in [3.63, 3.8) is 0 Å². The lowest BCUT2D eigenvalue weighted by Gasteiger charge is -2.08. The van der Waals surface area contributed by atoms with Gasteiger partial charge in [0.05, 0.1) is 12.6 Å². The molecule has 0 aliphatic carbocycles. The van der Waals surface area contributed by atoms with E-state index in [9.17, 15) is 4.79 Å². The smallest absolute Gasteiger partial charge is 0.407 e. The van der Waals surface area contributed by atoms with E-state index in [2.05, 4.69) is 10.5 Å².